The number of carbonyl (C=O) groups excluding carboxylic acids is 1. The molecule has 0 fully saturated rings. The van der Waals surface area contributed by atoms with Crippen LogP contribution in [0.1, 0.15) is 25.3 Å². The number of hydrogen-bond acceptors (Lipinski definition) is 2. The number of esters is 1. The number of para-hydroxylation sites is 1. The number of carbonyl (C=O) groups is 1. The quantitative estimate of drug-likeness (QED) is 0.803. The van der Waals surface area contributed by atoms with Gasteiger partial charge in [0.1, 0.15) is 0 Å². The van der Waals surface area contributed by atoms with Gasteiger partial charge in [-0.2, -0.15) is 0 Å². The van der Waals surface area contributed by atoms with Crippen molar-refractivity contribution in [1.82, 2.24) is 4.98 Å². The molecule has 1 atom stereocenters. The molecule has 0 radical (unpaired) electrons. The molecule has 0 spiro atoms. The van der Waals surface area contributed by atoms with Gasteiger partial charge in [-0.15, -0.1) is 0 Å². The van der Waals surface area contributed by atoms with E-state index in [4.69, 9.17) is 4.74 Å². The SMILES string of the molecule is CC(=O)OCC(C)c1c[nH]c2ccccc12. The summed E-state index contributed by atoms with van der Waals surface area (Å²) >= 11 is 0. The normalized spacial score (nSPS) is 12.6. The molecule has 1 heterocycles. The van der Waals surface area contributed by atoms with Crippen molar-refractivity contribution >= 4 is 16.9 Å². The van der Waals surface area contributed by atoms with Gasteiger partial charge < -0.3 is 9.72 Å². The third kappa shape index (κ3) is 2.08. The van der Waals surface area contributed by atoms with Gasteiger partial charge in [0, 0.05) is 29.9 Å². The Morgan fingerprint density at radius 2 is 2.19 bits per heavy atom. The van der Waals surface area contributed by atoms with Crippen LogP contribution in [0.3, 0.4) is 0 Å². The second-order valence-corrected chi connectivity index (χ2v) is 3.99. The van der Waals surface area contributed by atoms with E-state index in [0.29, 0.717) is 6.61 Å². The third-order valence-electron chi connectivity index (χ3n) is 2.69. The van der Waals surface area contributed by atoms with Gasteiger partial charge in [-0.05, 0) is 11.6 Å². The molecule has 16 heavy (non-hydrogen) atoms. The van der Waals surface area contributed by atoms with Crippen LogP contribution in [-0.4, -0.2) is 17.6 Å². The monoisotopic (exact) mass is 217 g/mol. The molecule has 2 rings (SSSR count). The maximum atomic E-state index is 10.8. The fourth-order valence-electron chi connectivity index (χ4n) is 1.83. The van der Waals surface area contributed by atoms with Crippen molar-refractivity contribution in [2.45, 2.75) is 19.8 Å². The van der Waals surface area contributed by atoms with Crippen LogP contribution in [0.2, 0.25) is 0 Å². The van der Waals surface area contributed by atoms with Gasteiger partial charge >= 0.3 is 5.97 Å². The van der Waals surface area contributed by atoms with E-state index in [1.807, 2.05) is 24.4 Å². The van der Waals surface area contributed by atoms with Crippen LogP contribution >= 0.6 is 0 Å². The molecule has 0 saturated carbocycles. The number of benzene rings is 1. The van der Waals surface area contributed by atoms with E-state index in [1.165, 1.54) is 17.9 Å². The zero-order valence-electron chi connectivity index (χ0n) is 9.49. The molecule has 1 aromatic heterocycles. The Kier molecular flexibility index (Phi) is 2.95. The van der Waals surface area contributed by atoms with Crippen LogP contribution in [0.15, 0.2) is 30.5 Å². The number of aromatic amines is 1. The minimum absolute atomic E-state index is 0.208. The summed E-state index contributed by atoms with van der Waals surface area (Å²) in [7, 11) is 0. The molecule has 84 valence electrons. The van der Waals surface area contributed by atoms with Crippen LogP contribution in [0.5, 0.6) is 0 Å². The van der Waals surface area contributed by atoms with E-state index in [1.54, 1.807) is 0 Å². The molecule has 1 aromatic carbocycles. The van der Waals surface area contributed by atoms with E-state index >= 15 is 0 Å². The average molecular weight is 217 g/mol. The summed E-state index contributed by atoms with van der Waals surface area (Å²) < 4.78 is 5.02. The topological polar surface area (TPSA) is 42.1 Å². The molecule has 3 nitrogen and oxygen atoms in total. The first-order valence-corrected chi connectivity index (χ1v) is 5.38. The van der Waals surface area contributed by atoms with E-state index < -0.39 is 0 Å². The highest BCUT2D eigenvalue weighted by atomic mass is 16.5. The molecule has 1 N–H and O–H groups in total. The molecule has 0 aliphatic rings. The zero-order valence-corrected chi connectivity index (χ0v) is 9.49. The number of aromatic nitrogens is 1. The van der Waals surface area contributed by atoms with Gasteiger partial charge in [-0.1, -0.05) is 25.1 Å². The molecule has 0 bridgehead atoms. The summed E-state index contributed by atoms with van der Waals surface area (Å²) in [6.45, 7) is 3.91. The van der Waals surface area contributed by atoms with E-state index in [9.17, 15) is 4.79 Å². The van der Waals surface area contributed by atoms with Crippen LogP contribution in [-0.2, 0) is 9.53 Å². The summed E-state index contributed by atoms with van der Waals surface area (Å²) in [6.07, 6.45) is 1.98. The maximum Gasteiger partial charge on any atom is 0.302 e. The molecular weight excluding hydrogens is 202 g/mol. The standard InChI is InChI=1S/C13H15NO2/c1-9(8-16-10(2)15)12-7-14-13-6-4-3-5-11(12)13/h3-7,9,14H,8H2,1-2H3. The first-order chi connectivity index (χ1) is 7.68. The molecule has 0 aliphatic carbocycles. The second-order valence-electron chi connectivity index (χ2n) is 3.99. The average Bonchev–Trinajstić information content (AvgIpc) is 2.69. The summed E-state index contributed by atoms with van der Waals surface area (Å²) in [4.78, 5) is 14.0. The molecule has 1 unspecified atom stereocenters. The number of fused-ring (bicyclic) bond motifs is 1. The van der Waals surface area contributed by atoms with Crippen LogP contribution in [0.25, 0.3) is 10.9 Å². The highest BCUT2D eigenvalue weighted by molar-refractivity contribution is 5.83. The Bertz CT molecular complexity index is 501. The zero-order chi connectivity index (χ0) is 11.5. The van der Waals surface area contributed by atoms with Crippen molar-refractivity contribution in [2.24, 2.45) is 0 Å². The highest BCUT2D eigenvalue weighted by Crippen LogP contribution is 2.25. The Hall–Kier alpha value is -1.77. The maximum absolute atomic E-state index is 10.8. The van der Waals surface area contributed by atoms with Crippen molar-refractivity contribution in [3.8, 4) is 0 Å². The molecular formula is C13H15NO2. The lowest BCUT2D eigenvalue weighted by molar-refractivity contribution is -0.141. The smallest absolute Gasteiger partial charge is 0.302 e. The third-order valence-corrected chi connectivity index (χ3v) is 2.69. The van der Waals surface area contributed by atoms with Gasteiger partial charge in [-0.3, -0.25) is 4.79 Å². The van der Waals surface area contributed by atoms with Gasteiger partial charge in [0.15, 0.2) is 0 Å². The largest absolute Gasteiger partial charge is 0.465 e. The predicted molar refractivity (Wildman–Crippen MR) is 63.3 cm³/mol. The highest BCUT2D eigenvalue weighted by Gasteiger charge is 2.11. The molecule has 2 aromatic rings. The van der Waals surface area contributed by atoms with Crippen LogP contribution < -0.4 is 0 Å². The molecule has 0 saturated heterocycles. The van der Waals surface area contributed by atoms with E-state index in [0.717, 1.165) is 5.52 Å². The lowest BCUT2D eigenvalue weighted by atomic mass is 10.0. The predicted octanol–water partition coefficient (Wildman–Crippen LogP) is 2.83. The summed E-state index contributed by atoms with van der Waals surface area (Å²) in [5, 5.41) is 1.20. The first-order valence-electron chi connectivity index (χ1n) is 5.38. The lowest BCUT2D eigenvalue weighted by Gasteiger charge is -2.10. The molecule has 0 aliphatic heterocycles. The van der Waals surface area contributed by atoms with Gasteiger partial charge in [0.25, 0.3) is 0 Å². The Labute approximate surface area is 94.4 Å². The van der Waals surface area contributed by atoms with E-state index in [2.05, 4.69) is 18.0 Å². The van der Waals surface area contributed by atoms with Gasteiger partial charge in [0.05, 0.1) is 6.61 Å². The van der Waals surface area contributed by atoms with Gasteiger partial charge in [-0.25, -0.2) is 0 Å². The van der Waals surface area contributed by atoms with Gasteiger partial charge in [0.2, 0.25) is 0 Å². The number of H-pyrrole nitrogens is 1. The van der Waals surface area contributed by atoms with E-state index in [-0.39, 0.29) is 11.9 Å². The number of hydrogen-bond donors (Lipinski definition) is 1. The van der Waals surface area contributed by atoms with Crippen molar-refractivity contribution in [2.75, 3.05) is 6.61 Å². The second kappa shape index (κ2) is 4.39. The summed E-state index contributed by atoms with van der Waals surface area (Å²) in [5.41, 5.74) is 2.31. The van der Waals surface area contributed by atoms with Crippen molar-refractivity contribution in [1.29, 1.82) is 0 Å². The molecule has 3 heteroatoms. The number of ether oxygens (including phenoxy) is 1. The lowest BCUT2D eigenvalue weighted by Crippen LogP contribution is -2.07. The number of rotatable bonds is 3. The van der Waals surface area contributed by atoms with Crippen LogP contribution in [0.4, 0.5) is 0 Å². The fraction of sp³-hybridized carbons (Fsp3) is 0.308. The Morgan fingerprint density at radius 1 is 1.44 bits per heavy atom. The Balaban J connectivity index is 2.22. The first kappa shape index (κ1) is 10.7. The minimum Gasteiger partial charge on any atom is -0.465 e. The van der Waals surface area contributed by atoms with Crippen molar-refractivity contribution in [3.05, 3.63) is 36.0 Å². The fourth-order valence-corrected chi connectivity index (χ4v) is 1.83. The Morgan fingerprint density at radius 3 is 2.94 bits per heavy atom. The summed E-state index contributed by atoms with van der Waals surface area (Å²) in [5.74, 6) is -0.0215. The van der Waals surface area contributed by atoms with Crippen molar-refractivity contribution < 1.29 is 9.53 Å². The molecule has 0 amide bonds. The van der Waals surface area contributed by atoms with Crippen molar-refractivity contribution in [3.63, 3.8) is 0 Å². The summed E-state index contributed by atoms with van der Waals surface area (Å²) in [6, 6.07) is 8.13. The number of nitrogens with one attached hydrogen (secondary N) is 1. The minimum atomic E-state index is -0.230. The van der Waals surface area contributed by atoms with Crippen LogP contribution in [0, 0.1) is 0 Å².